The first kappa shape index (κ1) is 13.6. The van der Waals surface area contributed by atoms with Gasteiger partial charge < -0.3 is 15.3 Å². The minimum atomic E-state index is -1.19. The minimum Gasteiger partial charge on any atom is -0.508 e. The van der Waals surface area contributed by atoms with Crippen LogP contribution in [0.2, 0.25) is 0 Å². The Morgan fingerprint density at radius 1 is 0.900 bits per heavy atom. The van der Waals surface area contributed by atoms with E-state index in [1.165, 1.54) is 31.2 Å². The largest absolute Gasteiger partial charge is 0.508 e. The maximum Gasteiger partial charge on any atom is 0.336 e. The van der Waals surface area contributed by atoms with Crippen LogP contribution in [0.4, 0.5) is 0 Å². The predicted octanol–water partition coefficient (Wildman–Crippen LogP) is 2.76. The van der Waals surface area contributed by atoms with Crippen molar-refractivity contribution in [3.05, 3.63) is 53.1 Å². The number of hydrogen-bond acceptors (Lipinski definition) is 3. The first-order valence-electron chi connectivity index (χ1n) is 5.81. The number of carboxylic acids is 2. The van der Waals surface area contributed by atoms with Crippen LogP contribution in [0.1, 0.15) is 26.3 Å². The Morgan fingerprint density at radius 3 is 2.00 bits per heavy atom. The molecular formula is C15H12O5. The van der Waals surface area contributed by atoms with Gasteiger partial charge in [-0.25, -0.2) is 9.59 Å². The highest BCUT2D eigenvalue weighted by molar-refractivity contribution is 6.02. The molecule has 0 saturated heterocycles. The Hall–Kier alpha value is -2.82. The summed E-state index contributed by atoms with van der Waals surface area (Å²) < 4.78 is 0. The van der Waals surface area contributed by atoms with Crippen molar-refractivity contribution < 1.29 is 24.9 Å². The van der Waals surface area contributed by atoms with E-state index in [9.17, 15) is 19.8 Å². The van der Waals surface area contributed by atoms with E-state index < -0.39 is 11.9 Å². The zero-order valence-electron chi connectivity index (χ0n) is 10.6. The van der Waals surface area contributed by atoms with Gasteiger partial charge in [0, 0.05) is 0 Å². The van der Waals surface area contributed by atoms with Crippen molar-refractivity contribution in [2.75, 3.05) is 0 Å². The van der Waals surface area contributed by atoms with Crippen molar-refractivity contribution >= 4 is 11.9 Å². The van der Waals surface area contributed by atoms with Gasteiger partial charge in [0.2, 0.25) is 0 Å². The smallest absolute Gasteiger partial charge is 0.336 e. The minimum absolute atomic E-state index is 0.0371. The normalized spacial score (nSPS) is 10.2. The average molecular weight is 272 g/mol. The monoisotopic (exact) mass is 272 g/mol. The van der Waals surface area contributed by atoms with Gasteiger partial charge in [0.05, 0.1) is 11.1 Å². The van der Waals surface area contributed by atoms with Crippen molar-refractivity contribution in [2.45, 2.75) is 6.92 Å². The van der Waals surface area contributed by atoms with Gasteiger partial charge in [0.15, 0.2) is 0 Å². The van der Waals surface area contributed by atoms with E-state index in [-0.39, 0.29) is 22.4 Å². The predicted molar refractivity (Wildman–Crippen MR) is 72.2 cm³/mol. The highest BCUT2D eigenvalue weighted by atomic mass is 16.4. The van der Waals surface area contributed by atoms with Gasteiger partial charge >= 0.3 is 11.9 Å². The maximum absolute atomic E-state index is 11.4. The van der Waals surface area contributed by atoms with Gasteiger partial charge in [0.25, 0.3) is 0 Å². The summed E-state index contributed by atoms with van der Waals surface area (Å²) >= 11 is 0. The topological polar surface area (TPSA) is 94.8 Å². The number of aromatic carboxylic acids is 2. The second kappa shape index (κ2) is 5.05. The lowest BCUT2D eigenvalue weighted by molar-refractivity contribution is 0.0696. The third-order valence-electron chi connectivity index (χ3n) is 3.09. The fraction of sp³-hybridized carbons (Fsp3) is 0.0667. The Kier molecular flexibility index (Phi) is 3.43. The summed E-state index contributed by atoms with van der Waals surface area (Å²) in [5.74, 6) is -2.28. The van der Waals surface area contributed by atoms with Crippen molar-refractivity contribution in [3.8, 4) is 16.9 Å². The maximum atomic E-state index is 11.4. The van der Waals surface area contributed by atoms with E-state index in [4.69, 9.17) is 5.11 Å². The summed E-state index contributed by atoms with van der Waals surface area (Å²) in [4.78, 5) is 22.5. The van der Waals surface area contributed by atoms with Crippen LogP contribution in [-0.4, -0.2) is 27.3 Å². The third-order valence-corrected chi connectivity index (χ3v) is 3.09. The molecule has 2 rings (SSSR count). The Balaban J connectivity index is 2.71. The summed E-state index contributed by atoms with van der Waals surface area (Å²) in [6.45, 7) is 1.47. The van der Waals surface area contributed by atoms with E-state index in [0.717, 1.165) is 0 Å². The molecule has 20 heavy (non-hydrogen) atoms. The number of hydrogen-bond donors (Lipinski definition) is 3. The van der Waals surface area contributed by atoms with E-state index in [1.807, 2.05) is 0 Å². The molecule has 102 valence electrons. The lowest BCUT2D eigenvalue weighted by atomic mass is 9.92. The molecule has 0 amide bonds. The Morgan fingerprint density at radius 2 is 1.50 bits per heavy atom. The highest BCUT2D eigenvalue weighted by Crippen LogP contribution is 2.29. The van der Waals surface area contributed by atoms with Gasteiger partial charge in [-0.05, 0) is 41.8 Å². The molecule has 2 aromatic carbocycles. The summed E-state index contributed by atoms with van der Waals surface area (Å²) in [6, 6.07) is 8.90. The van der Waals surface area contributed by atoms with E-state index in [2.05, 4.69) is 0 Å². The Bertz CT molecular complexity index is 686. The van der Waals surface area contributed by atoms with Gasteiger partial charge in [-0.2, -0.15) is 0 Å². The molecule has 0 radical (unpaired) electrons. The zero-order valence-corrected chi connectivity index (χ0v) is 10.6. The fourth-order valence-corrected chi connectivity index (χ4v) is 2.10. The Labute approximate surface area is 114 Å². The lowest BCUT2D eigenvalue weighted by Crippen LogP contribution is -2.09. The summed E-state index contributed by atoms with van der Waals surface area (Å²) in [5.41, 5.74) is 1.14. The quantitative estimate of drug-likeness (QED) is 0.798. The molecule has 5 heteroatoms. The van der Waals surface area contributed by atoms with Crippen LogP contribution in [-0.2, 0) is 0 Å². The van der Waals surface area contributed by atoms with Crippen molar-refractivity contribution in [1.82, 2.24) is 0 Å². The van der Waals surface area contributed by atoms with Crippen LogP contribution >= 0.6 is 0 Å². The second-order valence-electron chi connectivity index (χ2n) is 4.32. The summed E-state index contributed by atoms with van der Waals surface area (Å²) in [7, 11) is 0. The highest BCUT2D eigenvalue weighted by Gasteiger charge is 2.20. The van der Waals surface area contributed by atoms with E-state index >= 15 is 0 Å². The summed E-state index contributed by atoms with van der Waals surface area (Å²) in [6.07, 6.45) is 0. The number of benzene rings is 2. The molecule has 3 N–H and O–H groups in total. The number of aromatic hydroxyl groups is 1. The van der Waals surface area contributed by atoms with Crippen LogP contribution in [0.5, 0.6) is 5.75 Å². The molecule has 0 spiro atoms. The van der Waals surface area contributed by atoms with Gasteiger partial charge in [-0.15, -0.1) is 0 Å². The van der Waals surface area contributed by atoms with Crippen LogP contribution in [0.3, 0.4) is 0 Å². The van der Waals surface area contributed by atoms with Crippen LogP contribution in [0.25, 0.3) is 11.1 Å². The lowest BCUT2D eigenvalue weighted by Gasteiger charge is -2.11. The van der Waals surface area contributed by atoms with Gasteiger partial charge in [-0.3, -0.25) is 0 Å². The number of carboxylic acid groups (broad SMARTS) is 2. The summed E-state index contributed by atoms with van der Waals surface area (Å²) in [5, 5.41) is 27.6. The van der Waals surface area contributed by atoms with Crippen molar-refractivity contribution in [1.29, 1.82) is 0 Å². The molecule has 5 nitrogen and oxygen atoms in total. The van der Waals surface area contributed by atoms with Crippen LogP contribution in [0.15, 0.2) is 36.4 Å². The SMILES string of the molecule is Cc1c(C(=O)O)ccc(-c2ccc(O)cc2)c1C(=O)O. The molecule has 0 aromatic heterocycles. The molecule has 0 aliphatic carbocycles. The number of rotatable bonds is 3. The number of phenols is 1. The number of carbonyl (C=O) groups is 2. The fourth-order valence-electron chi connectivity index (χ4n) is 2.10. The molecule has 0 saturated carbocycles. The molecular weight excluding hydrogens is 260 g/mol. The second-order valence-corrected chi connectivity index (χ2v) is 4.32. The first-order valence-corrected chi connectivity index (χ1v) is 5.81. The number of phenolic OH excluding ortho intramolecular Hbond substituents is 1. The first-order chi connectivity index (χ1) is 9.41. The van der Waals surface area contributed by atoms with Crippen molar-refractivity contribution in [2.24, 2.45) is 0 Å². The van der Waals surface area contributed by atoms with Crippen LogP contribution in [0, 0.1) is 6.92 Å². The molecule has 0 atom stereocenters. The standard InChI is InChI=1S/C15H12O5/c1-8-11(14(17)18)6-7-12(13(8)15(19)20)9-2-4-10(16)5-3-9/h2-7,16H,1H3,(H,17,18)(H,19,20). The van der Waals surface area contributed by atoms with Gasteiger partial charge in [0.1, 0.15) is 5.75 Å². The van der Waals surface area contributed by atoms with E-state index in [1.54, 1.807) is 12.1 Å². The molecule has 0 unspecified atom stereocenters. The molecule has 0 aliphatic rings. The van der Waals surface area contributed by atoms with Crippen LogP contribution < -0.4 is 0 Å². The van der Waals surface area contributed by atoms with Gasteiger partial charge in [-0.1, -0.05) is 18.2 Å². The third kappa shape index (κ3) is 2.33. The molecule has 2 aromatic rings. The molecule has 0 bridgehead atoms. The van der Waals surface area contributed by atoms with Crippen molar-refractivity contribution in [3.63, 3.8) is 0 Å². The zero-order chi connectivity index (χ0) is 14.9. The average Bonchev–Trinajstić information content (AvgIpc) is 2.38. The molecule has 0 aliphatic heterocycles. The van der Waals surface area contributed by atoms with E-state index in [0.29, 0.717) is 11.1 Å². The molecule has 0 heterocycles. The molecule has 0 fully saturated rings.